The molecule has 0 spiro atoms. The van der Waals surface area contributed by atoms with Gasteiger partial charge in [-0.05, 0) is 44.5 Å². The summed E-state index contributed by atoms with van der Waals surface area (Å²) in [7, 11) is 1.95. The van der Waals surface area contributed by atoms with E-state index in [9.17, 15) is 4.79 Å². The largest absolute Gasteiger partial charge is 0.328 e. The molecule has 6 heteroatoms. The van der Waals surface area contributed by atoms with E-state index in [-0.39, 0.29) is 21.8 Å². The number of quaternary nitrogens is 1. The summed E-state index contributed by atoms with van der Waals surface area (Å²) in [5, 5.41) is 0.550. The van der Waals surface area contributed by atoms with E-state index in [2.05, 4.69) is 30.7 Å². The van der Waals surface area contributed by atoms with Gasteiger partial charge in [-0.3, -0.25) is 4.98 Å². The second-order valence-electron chi connectivity index (χ2n) is 7.58. The monoisotopic (exact) mass is 378 g/mol. The molecule has 1 amide bonds. The van der Waals surface area contributed by atoms with Gasteiger partial charge in [0.1, 0.15) is 11.5 Å². The zero-order valence-corrected chi connectivity index (χ0v) is 16.4. The number of hydrogen-bond acceptors (Lipinski definition) is 3. The fourth-order valence-corrected chi connectivity index (χ4v) is 3.86. The molecule has 2 aromatic rings. The first-order valence-corrected chi connectivity index (χ1v) is 9.17. The Balaban J connectivity index is 2.08. The average Bonchev–Trinajstić information content (AvgIpc) is 2.79. The van der Waals surface area contributed by atoms with E-state index < -0.39 is 0 Å². The quantitative estimate of drug-likeness (QED) is 0.584. The number of carbonyl (C=O) groups excluding carboxylic acids is 1. The first-order valence-electron chi connectivity index (χ1n) is 8.26. The molecular formula is C19H22Cl2N3O+. The van der Waals surface area contributed by atoms with Crippen molar-refractivity contribution >= 4 is 34.9 Å². The minimum Gasteiger partial charge on any atom is -0.259 e. The smallest absolute Gasteiger partial charge is 0.259 e. The highest BCUT2D eigenvalue weighted by atomic mass is 35.5. The Morgan fingerprint density at radius 1 is 1.28 bits per heavy atom. The minimum atomic E-state index is -0.294. The van der Waals surface area contributed by atoms with Crippen LogP contribution in [0, 0.1) is 0 Å². The van der Waals surface area contributed by atoms with Gasteiger partial charge < -0.3 is 0 Å². The van der Waals surface area contributed by atoms with Crippen LogP contribution in [0.4, 0.5) is 5.82 Å². The molecule has 0 fully saturated rings. The molecule has 0 saturated heterocycles. The number of fused-ring (bicyclic) bond motifs is 1. The van der Waals surface area contributed by atoms with Crippen molar-refractivity contribution in [3.63, 3.8) is 0 Å². The van der Waals surface area contributed by atoms with Crippen LogP contribution in [0.3, 0.4) is 0 Å². The van der Waals surface area contributed by atoms with Gasteiger partial charge in [0.05, 0.1) is 17.6 Å². The first-order chi connectivity index (χ1) is 11.7. The molecule has 0 aliphatic carbocycles. The maximum atomic E-state index is 13.4. The summed E-state index contributed by atoms with van der Waals surface area (Å²) in [4.78, 5) is 22.4. The van der Waals surface area contributed by atoms with Crippen molar-refractivity contribution in [3.05, 3.63) is 52.4 Å². The Bertz CT molecular complexity index is 832. The third-order valence-corrected chi connectivity index (χ3v) is 5.76. The van der Waals surface area contributed by atoms with Gasteiger partial charge in [-0.15, -0.1) is 11.6 Å². The summed E-state index contributed by atoms with van der Waals surface area (Å²) >= 11 is 12.1. The van der Waals surface area contributed by atoms with Crippen LogP contribution in [-0.4, -0.2) is 28.5 Å². The molecule has 3 rings (SSSR count). The number of rotatable bonds is 3. The average molecular weight is 379 g/mol. The van der Waals surface area contributed by atoms with E-state index >= 15 is 0 Å². The number of carbonyl (C=O) groups is 1. The highest BCUT2D eigenvalue weighted by molar-refractivity contribution is 6.30. The SMILES string of the molecule is CC(C)(C)[N+]1(C)C(=O)C(Cc2ncc(Cl)cc2CCl)c2cccnc21. The molecule has 2 atom stereocenters. The van der Waals surface area contributed by atoms with E-state index in [1.54, 1.807) is 12.4 Å². The number of hydrogen-bond donors (Lipinski definition) is 0. The molecule has 1 aliphatic heterocycles. The summed E-state index contributed by atoms with van der Waals surface area (Å²) in [6.45, 7) is 6.20. The molecule has 132 valence electrons. The predicted molar refractivity (Wildman–Crippen MR) is 102 cm³/mol. The van der Waals surface area contributed by atoms with Crippen LogP contribution in [0.25, 0.3) is 0 Å². The normalized spacial score (nSPS) is 23.0. The Kier molecular flexibility index (Phi) is 4.65. The third kappa shape index (κ3) is 2.86. The number of alkyl halides is 1. The summed E-state index contributed by atoms with van der Waals surface area (Å²) in [5.41, 5.74) is 2.36. The van der Waals surface area contributed by atoms with E-state index in [1.165, 1.54) is 0 Å². The fraction of sp³-hybridized carbons (Fsp3) is 0.421. The second kappa shape index (κ2) is 6.35. The lowest BCUT2D eigenvalue weighted by Crippen LogP contribution is -2.61. The van der Waals surface area contributed by atoms with Crippen LogP contribution in [0.2, 0.25) is 5.02 Å². The van der Waals surface area contributed by atoms with E-state index in [1.807, 2.05) is 25.2 Å². The van der Waals surface area contributed by atoms with Crippen LogP contribution in [0.1, 0.15) is 43.5 Å². The van der Waals surface area contributed by atoms with Crippen LogP contribution >= 0.6 is 23.2 Å². The molecule has 25 heavy (non-hydrogen) atoms. The van der Waals surface area contributed by atoms with Gasteiger partial charge in [0.25, 0.3) is 0 Å². The molecule has 0 bridgehead atoms. The summed E-state index contributed by atoms with van der Waals surface area (Å²) < 4.78 is 0.178. The highest BCUT2D eigenvalue weighted by Crippen LogP contribution is 2.46. The first kappa shape index (κ1) is 18.3. The molecule has 0 saturated carbocycles. The molecule has 0 N–H and O–H groups in total. The van der Waals surface area contributed by atoms with Crippen LogP contribution < -0.4 is 4.48 Å². The van der Waals surface area contributed by atoms with Crippen molar-refractivity contribution in [2.45, 2.75) is 44.5 Å². The van der Waals surface area contributed by atoms with Gasteiger partial charge in [-0.25, -0.2) is 14.3 Å². The Morgan fingerprint density at radius 2 is 2.00 bits per heavy atom. The van der Waals surface area contributed by atoms with Gasteiger partial charge in [-0.1, -0.05) is 11.6 Å². The number of pyridine rings is 2. The minimum absolute atomic E-state index is 0.137. The third-order valence-electron chi connectivity index (χ3n) is 5.26. The lowest BCUT2D eigenvalue weighted by molar-refractivity contribution is -0.133. The van der Waals surface area contributed by atoms with Crippen molar-refractivity contribution in [2.75, 3.05) is 7.05 Å². The Labute approximate surface area is 158 Å². The van der Waals surface area contributed by atoms with Crippen LogP contribution in [-0.2, 0) is 17.1 Å². The summed E-state index contributed by atoms with van der Waals surface area (Å²) in [5.74, 6) is 0.989. The van der Waals surface area contributed by atoms with Gasteiger partial charge >= 0.3 is 5.91 Å². The van der Waals surface area contributed by atoms with E-state index in [4.69, 9.17) is 23.2 Å². The number of nitrogens with zero attached hydrogens (tertiary/aromatic N) is 3. The topological polar surface area (TPSA) is 42.9 Å². The highest BCUT2D eigenvalue weighted by Gasteiger charge is 2.57. The van der Waals surface area contributed by atoms with E-state index in [0.717, 1.165) is 22.6 Å². The van der Waals surface area contributed by atoms with E-state index in [0.29, 0.717) is 17.3 Å². The zero-order chi connectivity index (χ0) is 18.4. The van der Waals surface area contributed by atoms with Gasteiger partial charge in [0.15, 0.2) is 0 Å². The van der Waals surface area contributed by atoms with Crippen LogP contribution in [0.15, 0.2) is 30.6 Å². The maximum absolute atomic E-state index is 13.4. The molecule has 2 unspecified atom stereocenters. The number of amides is 1. The number of halogens is 2. The van der Waals surface area contributed by atoms with Crippen molar-refractivity contribution in [1.82, 2.24) is 14.5 Å². The zero-order valence-electron chi connectivity index (χ0n) is 14.9. The van der Waals surface area contributed by atoms with Crippen molar-refractivity contribution < 1.29 is 4.79 Å². The summed E-state index contributed by atoms with van der Waals surface area (Å²) in [6, 6.07) is 5.70. The summed E-state index contributed by atoms with van der Waals surface area (Å²) in [6.07, 6.45) is 3.86. The maximum Gasteiger partial charge on any atom is 0.328 e. The molecule has 1 aliphatic rings. The number of aromatic nitrogens is 2. The lowest BCUT2D eigenvalue weighted by atomic mass is 9.94. The predicted octanol–water partition coefficient (Wildman–Crippen LogP) is 4.47. The van der Waals surface area contributed by atoms with Gasteiger partial charge in [0, 0.05) is 30.4 Å². The van der Waals surface area contributed by atoms with Crippen molar-refractivity contribution in [2.24, 2.45) is 0 Å². The molecule has 0 radical (unpaired) electrons. The fourth-order valence-electron chi connectivity index (χ4n) is 3.45. The second-order valence-corrected chi connectivity index (χ2v) is 8.28. The Hall–Kier alpha value is -1.49. The molecular weight excluding hydrogens is 357 g/mol. The molecule has 4 nitrogen and oxygen atoms in total. The Morgan fingerprint density at radius 3 is 2.64 bits per heavy atom. The van der Waals surface area contributed by atoms with Crippen molar-refractivity contribution in [3.8, 4) is 0 Å². The molecule has 3 heterocycles. The standard InChI is InChI=1S/C19H22Cl2N3O/c1-19(2,3)24(4)17-14(6-5-7-22-17)15(18(24)25)9-16-12(10-20)8-13(21)11-23-16/h5-8,11,15H,9-10H2,1-4H3/q+1. The molecule has 2 aromatic heterocycles. The van der Waals surface area contributed by atoms with Crippen molar-refractivity contribution in [1.29, 1.82) is 0 Å². The number of likely N-dealkylation sites (N-methyl/N-ethyl adjacent to an activating group) is 1. The van der Waals surface area contributed by atoms with Gasteiger partial charge in [-0.2, -0.15) is 0 Å². The van der Waals surface area contributed by atoms with Gasteiger partial charge in [0.2, 0.25) is 5.82 Å². The molecule has 0 aromatic carbocycles. The van der Waals surface area contributed by atoms with Crippen LogP contribution in [0.5, 0.6) is 0 Å². The lowest BCUT2D eigenvalue weighted by Gasteiger charge is -2.39.